The molecule has 0 radical (unpaired) electrons. The van der Waals surface area contributed by atoms with E-state index in [1.165, 1.54) is 31.7 Å². The smallest absolute Gasteiger partial charge is 0.451 e. The van der Waals surface area contributed by atoms with E-state index in [1.807, 2.05) is 0 Å². The number of benzene rings is 1. The van der Waals surface area contributed by atoms with E-state index in [-0.39, 0.29) is 11.5 Å². The van der Waals surface area contributed by atoms with Crippen LogP contribution in [-0.2, 0) is 19.3 Å². The minimum Gasteiger partial charge on any atom is -0.490 e. The van der Waals surface area contributed by atoms with E-state index in [2.05, 4.69) is 6.92 Å². The van der Waals surface area contributed by atoms with E-state index < -0.39 is 47.7 Å². The highest BCUT2D eigenvalue weighted by Gasteiger charge is 2.46. The first-order chi connectivity index (χ1) is 15.3. The largest absolute Gasteiger partial charge is 0.490 e. The highest BCUT2D eigenvalue weighted by atomic mass is 32.3. The normalized spacial score (nSPS) is 26.1. The predicted molar refractivity (Wildman–Crippen MR) is 114 cm³/mol. The maximum Gasteiger partial charge on any atom is 0.451 e. The van der Waals surface area contributed by atoms with Crippen molar-refractivity contribution in [3.05, 3.63) is 24.3 Å². The van der Waals surface area contributed by atoms with E-state index in [4.69, 9.17) is 17.8 Å². The van der Waals surface area contributed by atoms with Crippen LogP contribution in [0.25, 0.3) is 0 Å². The van der Waals surface area contributed by atoms with Crippen LogP contribution in [0.3, 0.4) is 0 Å². The Hall–Kier alpha value is -1.47. The fraction of sp³-hybridized carbons (Fsp3) is 0.714. The number of para-hydroxylation sites is 2. The van der Waals surface area contributed by atoms with Crippen LogP contribution in [0.4, 0.5) is 0 Å². The molecule has 10 nitrogen and oxygen atoms in total. The Morgan fingerprint density at radius 2 is 1.53 bits per heavy atom. The van der Waals surface area contributed by atoms with Gasteiger partial charge in [0.1, 0.15) is 24.4 Å². The molecule has 0 amide bonds. The van der Waals surface area contributed by atoms with Gasteiger partial charge >= 0.3 is 10.4 Å². The highest BCUT2D eigenvalue weighted by molar-refractivity contribution is 7.82. The molecular formula is C21H34O10S. The van der Waals surface area contributed by atoms with Crippen LogP contribution in [0.5, 0.6) is 11.5 Å². The molecule has 1 heterocycles. The highest BCUT2D eigenvalue weighted by Crippen LogP contribution is 2.30. The molecule has 1 aliphatic rings. The summed E-state index contributed by atoms with van der Waals surface area (Å²) in [5.41, 5.74) is 0. The van der Waals surface area contributed by atoms with Gasteiger partial charge in [-0.3, -0.25) is 0 Å². The van der Waals surface area contributed by atoms with Crippen molar-refractivity contribution in [3.63, 3.8) is 0 Å². The molecule has 1 aromatic carbocycles. The summed E-state index contributed by atoms with van der Waals surface area (Å²) >= 11 is 0. The molecule has 0 spiro atoms. The third-order valence-electron chi connectivity index (χ3n) is 5.11. The zero-order valence-corrected chi connectivity index (χ0v) is 19.0. The number of aliphatic hydroxyl groups is 4. The number of hydrogen-bond donors (Lipinski definition) is 4. The predicted octanol–water partition coefficient (Wildman–Crippen LogP) is 1.26. The molecule has 32 heavy (non-hydrogen) atoms. The first-order valence-corrected chi connectivity index (χ1v) is 12.3. The monoisotopic (exact) mass is 478 g/mol. The molecule has 4 N–H and O–H groups in total. The van der Waals surface area contributed by atoms with E-state index in [0.29, 0.717) is 6.61 Å². The fourth-order valence-corrected chi connectivity index (χ4v) is 4.06. The van der Waals surface area contributed by atoms with E-state index >= 15 is 0 Å². The van der Waals surface area contributed by atoms with Crippen LogP contribution in [0.15, 0.2) is 24.3 Å². The van der Waals surface area contributed by atoms with Crippen molar-refractivity contribution in [1.82, 2.24) is 0 Å². The van der Waals surface area contributed by atoms with Crippen LogP contribution in [0, 0.1) is 0 Å². The van der Waals surface area contributed by atoms with Gasteiger partial charge in [0.15, 0.2) is 11.5 Å². The van der Waals surface area contributed by atoms with Gasteiger partial charge < -0.3 is 34.1 Å². The second-order valence-electron chi connectivity index (χ2n) is 7.70. The Morgan fingerprint density at radius 1 is 0.906 bits per heavy atom. The second-order valence-corrected chi connectivity index (χ2v) is 8.88. The standard InChI is InChI=1S/C21H34O10S/c1-2-3-4-5-6-7-10-13-28-15-11-8-9-12-16(15)30-32(26,27)31-21-20(25)19(24)18(23)17(14-22)29-21/h8-9,11-12,17-25H,2-7,10,13-14H2,1H3/t17-,18-,19+,20-,21+/m1/s1. The zero-order chi connectivity index (χ0) is 23.6. The SMILES string of the molecule is CCCCCCCCCOc1ccccc1OS(=O)(=O)O[C@@H]1O[C@H](CO)[C@@H](O)[C@H](O)[C@H]1O. The van der Waals surface area contributed by atoms with Crippen molar-refractivity contribution in [2.75, 3.05) is 13.2 Å². The van der Waals surface area contributed by atoms with Crippen molar-refractivity contribution < 1.29 is 46.7 Å². The van der Waals surface area contributed by atoms with E-state index in [1.54, 1.807) is 18.2 Å². The lowest BCUT2D eigenvalue weighted by molar-refractivity contribution is -0.277. The van der Waals surface area contributed by atoms with Crippen molar-refractivity contribution in [2.45, 2.75) is 82.6 Å². The third-order valence-corrected chi connectivity index (χ3v) is 5.92. The van der Waals surface area contributed by atoms with Gasteiger partial charge in [-0.05, 0) is 18.6 Å². The first-order valence-electron chi connectivity index (χ1n) is 10.9. The summed E-state index contributed by atoms with van der Waals surface area (Å²) in [4.78, 5) is 0. The molecular weight excluding hydrogens is 444 g/mol. The second kappa shape index (κ2) is 13.3. The van der Waals surface area contributed by atoms with Crippen LogP contribution < -0.4 is 8.92 Å². The van der Waals surface area contributed by atoms with Gasteiger partial charge in [0.25, 0.3) is 0 Å². The lowest BCUT2D eigenvalue weighted by Gasteiger charge is -2.38. The molecule has 5 atom stereocenters. The topological polar surface area (TPSA) is 152 Å². The molecule has 0 saturated carbocycles. The number of unbranched alkanes of at least 4 members (excludes halogenated alkanes) is 6. The number of rotatable bonds is 14. The van der Waals surface area contributed by atoms with Gasteiger partial charge in [-0.2, -0.15) is 8.42 Å². The molecule has 0 aromatic heterocycles. The van der Waals surface area contributed by atoms with Gasteiger partial charge in [0.05, 0.1) is 13.2 Å². The summed E-state index contributed by atoms with van der Waals surface area (Å²) in [6.45, 7) is 1.84. The summed E-state index contributed by atoms with van der Waals surface area (Å²) in [6.07, 6.45) is -0.719. The minimum atomic E-state index is -4.75. The molecule has 11 heteroatoms. The summed E-state index contributed by atoms with van der Waals surface area (Å²) in [5.74, 6) is 0.0968. The third kappa shape index (κ3) is 8.14. The molecule has 1 aliphatic heterocycles. The van der Waals surface area contributed by atoms with Crippen molar-refractivity contribution in [1.29, 1.82) is 0 Å². The molecule has 0 aliphatic carbocycles. The van der Waals surface area contributed by atoms with Crippen molar-refractivity contribution in [2.24, 2.45) is 0 Å². The van der Waals surface area contributed by atoms with Gasteiger partial charge in [-0.25, -0.2) is 4.18 Å². The Kier molecular flexibility index (Phi) is 11.1. The maximum atomic E-state index is 12.4. The molecule has 1 aromatic rings. The van der Waals surface area contributed by atoms with Gasteiger partial charge in [-0.1, -0.05) is 57.6 Å². The molecule has 1 saturated heterocycles. The Morgan fingerprint density at radius 3 is 2.19 bits per heavy atom. The number of aliphatic hydroxyl groups excluding tert-OH is 4. The van der Waals surface area contributed by atoms with Gasteiger partial charge in [0, 0.05) is 0 Å². The zero-order valence-electron chi connectivity index (χ0n) is 18.2. The maximum absolute atomic E-state index is 12.4. The number of hydrogen-bond acceptors (Lipinski definition) is 10. The summed E-state index contributed by atoms with van der Waals surface area (Å²) in [7, 11) is -4.75. The Bertz CT molecular complexity index is 770. The Labute approximate surface area is 189 Å². The van der Waals surface area contributed by atoms with Crippen LogP contribution >= 0.6 is 0 Å². The lowest BCUT2D eigenvalue weighted by Crippen LogP contribution is -2.59. The molecule has 0 unspecified atom stereocenters. The quantitative estimate of drug-likeness (QED) is 0.288. The summed E-state index contributed by atoms with van der Waals surface area (Å²) in [6, 6.07) is 6.16. The fourth-order valence-electron chi connectivity index (χ4n) is 3.27. The van der Waals surface area contributed by atoms with Crippen molar-refractivity contribution >= 4 is 10.4 Å². The van der Waals surface area contributed by atoms with E-state index in [9.17, 15) is 28.8 Å². The number of ether oxygens (including phenoxy) is 2. The van der Waals surface area contributed by atoms with Gasteiger partial charge in [-0.15, -0.1) is 0 Å². The average molecular weight is 479 g/mol. The lowest BCUT2D eigenvalue weighted by atomic mass is 10.00. The summed E-state index contributed by atoms with van der Waals surface area (Å²) < 4.78 is 45.1. The Balaban J connectivity index is 1.90. The summed E-state index contributed by atoms with van der Waals surface area (Å²) in [5, 5.41) is 38.7. The first kappa shape index (κ1) is 26.8. The van der Waals surface area contributed by atoms with Gasteiger partial charge in [0.2, 0.25) is 6.29 Å². The molecule has 1 fully saturated rings. The van der Waals surface area contributed by atoms with Crippen LogP contribution in [-0.4, -0.2) is 72.8 Å². The minimum absolute atomic E-state index is 0.111. The average Bonchev–Trinajstić information content (AvgIpc) is 2.76. The van der Waals surface area contributed by atoms with E-state index in [0.717, 1.165) is 19.3 Å². The molecule has 2 rings (SSSR count). The molecule has 0 bridgehead atoms. The van der Waals surface area contributed by atoms with Crippen LogP contribution in [0.1, 0.15) is 51.9 Å². The van der Waals surface area contributed by atoms with Crippen LogP contribution in [0.2, 0.25) is 0 Å². The van der Waals surface area contributed by atoms with Crippen molar-refractivity contribution in [3.8, 4) is 11.5 Å². The molecule has 184 valence electrons.